The zero-order valence-electron chi connectivity index (χ0n) is 7.87. The first-order valence-corrected chi connectivity index (χ1v) is 5.45. The number of rotatable bonds is 4. The van der Waals surface area contributed by atoms with E-state index in [1.165, 1.54) is 6.33 Å². The molecule has 0 unspecified atom stereocenters. The Morgan fingerprint density at radius 3 is 3.00 bits per heavy atom. The molecule has 1 aromatic rings. The van der Waals surface area contributed by atoms with Crippen LogP contribution in [0.25, 0.3) is 0 Å². The average molecular weight is 198 g/mol. The van der Waals surface area contributed by atoms with E-state index in [1.807, 2.05) is 6.92 Å². The third kappa shape index (κ3) is 2.77. The molecule has 0 aliphatic rings. The molecular weight excluding hydrogens is 184 g/mol. The minimum absolute atomic E-state index is 0.543. The Balaban J connectivity index is 2.61. The summed E-state index contributed by atoms with van der Waals surface area (Å²) in [5.74, 6) is 2.44. The third-order valence-corrected chi connectivity index (χ3v) is 2.33. The van der Waals surface area contributed by atoms with Crippen LogP contribution in [0.5, 0.6) is 0 Å². The molecule has 0 spiro atoms. The fourth-order valence-corrected chi connectivity index (χ4v) is 1.22. The number of hydrogen-bond donors (Lipinski definition) is 2. The van der Waals surface area contributed by atoms with Crippen molar-refractivity contribution in [2.75, 3.05) is 29.6 Å². The largest absolute Gasteiger partial charge is 0.383 e. The standard InChI is InChI=1S/C8H14N4S/c1-6-7(9)11-5-12-8(6)10-3-4-13-2/h5H,3-4H2,1-2H3,(H3,9,10,11,12). The van der Waals surface area contributed by atoms with E-state index in [1.54, 1.807) is 11.8 Å². The van der Waals surface area contributed by atoms with Crippen LogP contribution >= 0.6 is 11.8 Å². The predicted octanol–water partition coefficient (Wildman–Crippen LogP) is 1.14. The van der Waals surface area contributed by atoms with Crippen molar-refractivity contribution < 1.29 is 0 Å². The lowest BCUT2D eigenvalue weighted by molar-refractivity contribution is 1.09. The zero-order valence-corrected chi connectivity index (χ0v) is 8.69. The van der Waals surface area contributed by atoms with Crippen molar-refractivity contribution in [3.05, 3.63) is 11.9 Å². The van der Waals surface area contributed by atoms with Crippen LogP contribution in [0.2, 0.25) is 0 Å². The first-order valence-electron chi connectivity index (χ1n) is 4.05. The number of thioether (sulfide) groups is 1. The van der Waals surface area contributed by atoms with Crippen LogP contribution in [0.3, 0.4) is 0 Å². The van der Waals surface area contributed by atoms with Gasteiger partial charge >= 0.3 is 0 Å². The highest BCUT2D eigenvalue weighted by Crippen LogP contribution is 2.14. The summed E-state index contributed by atoms with van der Waals surface area (Å²) in [6, 6.07) is 0. The lowest BCUT2D eigenvalue weighted by Gasteiger charge is -2.07. The first kappa shape index (κ1) is 10.1. The Kier molecular flexibility index (Phi) is 3.82. The van der Waals surface area contributed by atoms with E-state index in [-0.39, 0.29) is 0 Å². The normalized spacial score (nSPS) is 10.0. The maximum atomic E-state index is 5.63. The molecule has 1 aromatic heterocycles. The molecule has 1 heterocycles. The van der Waals surface area contributed by atoms with Crippen LogP contribution in [0.15, 0.2) is 6.33 Å². The van der Waals surface area contributed by atoms with Crippen LogP contribution in [-0.2, 0) is 0 Å². The summed E-state index contributed by atoms with van der Waals surface area (Å²) in [5.41, 5.74) is 6.55. The molecule has 0 saturated heterocycles. The van der Waals surface area contributed by atoms with Gasteiger partial charge in [0.25, 0.3) is 0 Å². The Labute approximate surface area is 82.3 Å². The van der Waals surface area contributed by atoms with Crippen molar-refractivity contribution in [3.63, 3.8) is 0 Å². The second kappa shape index (κ2) is 4.91. The predicted molar refractivity (Wildman–Crippen MR) is 58.1 cm³/mol. The summed E-state index contributed by atoms with van der Waals surface area (Å²) >= 11 is 1.79. The maximum absolute atomic E-state index is 5.63. The monoisotopic (exact) mass is 198 g/mol. The number of nitrogens with zero attached hydrogens (tertiary/aromatic N) is 2. The van der Waals surface area contributed by atoms with Crippen molar-refractivity contribution in [2.24, 2.45) is 0 Å². The molecule has 0 amide bonds. The summed E-state index contributed by atoms with van der Waals surface area (Å²) in [4.78, 5) is 7.99. The topological polar surface area (TPSA) is 63.8 Å². The number of anilines is 2. The Morgan fingerprint density at radius 1 is 1.54 bits per heavy atom. The van der Waals surface area contributed by atoms with Gasteiger partial charge in [-0.15, -0.1) is 0 Å². The molecule has 1 rings (SSSR count). The highest BCUT2D eigenvalue weighted by molar-refractivity contribution is 7.98. The maximum Gasteiger partial charge on any atom is 0.134 e. The van der Waals surface area contributed by atoms with Crippen LogP contribution < -0.4 is 11.1 Å². The fourth-order valence-electron chi connectivity index (χ4n) is 0.913. The minimum Gasteiger partial charge on any atom is -0.383 e. The lowest BCUT2D eigenvalue weighted by atomic mass is 10.3. The van der Waals surface area contributed by atoms with Crippen LogP contribution in [0.4, 0.5) is 11.6 Å². The molecule has 0 bridgehead atoms. The highest BCUT2D eigenvalue weighted by atomic mass is 32.2. The summed E-state index contributed by atoms with van der Waals surface area (Å²) in [5, 5.41) is 3.20. The molecule has 13 heavy (non-hydrogen) atoms. The second-order valence-electron chi connectivity index (χ2n) is 2.65. The van der Waals surface area contributed by atoms with Gasteiger partial charge in [-0.05, 0) is 13.2 Å². The Bertz CT molecular complexity index is 277. The molecule has 3 N–H and O–H groups in total. The van der Waals surface area contributed by atoms with Gasteiger partial charge < -0.3 is 11.1 Å². The highest BCUT2D eigenvalue weighted by Gasteiger charge is 2.01. The minimum atomic E-state index is 0.543. The fraction of sp³-hybridized carbons (Fsp3) is 0.500. The van der Waals surface area contributed by atoms with Crippen molar-refractivity contribution in [2.45, 2.75) is 6.92 Å². The average Bonchev–Trinajstić information content (AvgIpc) is 2.13. The van der Waals surface area contributed by atoms with Gasteiger partial charge in [0.2, 0.25) is 0 Å². The van der Waals surface area contributed by atoms with Crippen molar-refractivity contribution in [1.82, 2.24) is 9.97 Å². The molecule has 0 atom stereocenters. The molecule has 5 heteroatoms. The summed E-state index contributed by atoms with van der Waals surface area (Å²) in [6.45, 7) is 2.81. The molecule has 0 radical (unpaired) electrons. The van der Waals surface area contributed by atoms with Gasteiger partial charge in [-0.3, -0.25) is 0 Å². The van der Waals surface area contributed by atoms with Gasteiger partial charge in [-0.25, -0.2) is 9.97 Å². The third-order valence-electron chi connectivity index (χ3n) is 1.72. The van der Waals surface area contributed by atoms with Crippen molar-refractivity contribution in [3.8, 4) is 0 Å². The second-order valence-corrected chi connectivity index (χ2v) is 3.64. The van der Waals surface area contributed by atoms with Gasteiger partial charge in [-0.2, -0.15) is 11.8 Å². The van der Waals surface area contributed by atoms with E-state index in [4.69, 9.17) is 5.73 Å². The first-order chi connectivity index (χ1) is 6.25. The molecule has 4 nitrogen and oxygen atoms in total. The number of nitrogen functional groups attached to an aromatic ring is 1. The van der Waals surface area contributed by atoms with Gasteiger partial charge in [0, 0.05) is 17.9 Å². The van der Waals surface area contributed by atoms with Crippen LogP contribution in [0.1, 0.15) is 5.56 Å². The molecule has 0 saturated carbocycles. The lowest BCUT2D eigenvalue weighted by Crippen LogP contribution is -2.08. The van der Waals surface area contributed by atoms with Gasteiger partial charge in [-0.1, -0.05) is 0 Å². The van der Waals surface area contributed by atoms with Gasteiger partial charge in [0.15, 0.2) is 0 Å². The number of nitrogens with one attached hydrogen (secondary N) is 1. The molecule has 72 valence electrons. The summed E-state index contributed by atoms with van der Waals surface area (Å²) in [7, 11) is 0. The number of aromatic nitrogens is 2. The van der Waals surface area contributed by atoms with Crippen molar-refractivity contribution in [1.29, 1.82) is 0 Å². The van der Waals surface area contributed by atoms with E-state index in [9.17, 15) is 0 Å². The molecule has 0 aliphatic carbocycles. The van der Waals surface area contributed by atoms with E-state index in [2.05, 4.69) is 21.5 Å². The molecule has 0 aromatic carbocycles. The molecular formula is C8H14N4S. The number of nitrogens with two attached hydrogens (primary N) is 1. The van der Waals surface area contributed by atoms with E-state index in [0.29, 0.717) is 5.82 Å². The smallest absolute Gasteiger partial charge is 0.134 e. The van der Waals surface area contributed by atoms with Crippen LogP contribution in [-0.4, -0.2) is 28.5 Å². The van der Waals surface area contributed by atoms with Crippen LogP contribution in [0, 0.1) is 6.92 Å². The molecule has 0 aliphatic heterocycles. The zero-order chi connectivity index (χ0) is 9.68. The Hall–Kier alpha value is -0.970. The summed E-state index contributed by atoms with van der Waals surface area (Å²) in [6.07, 6.45) is 3.55. The van der Waals surface area contributed by atoms with E-state index >= 15 is 0 Å². The quantitative estimate of drug-likeness (QED) is 0.710. The summed E-state index contributed by atoms with van der Waals surface area (Å²) < 4.78 is 0. The van der Waals surface area contributed by atoms with Gasteiger partial charge in [0.05, 0.1) is 0 Å². The SMILES string of the molecule is CSCCNc1ncnc(N)c1C. The van der Waals surface area contributed by atoms with Gasteiger partial charge in [0.1, 0.15) is 18.0 Å². The van der Waals surface area contributed by atoms with E-state index in [0.717, 1.165) is 23.7 Å². The molecule has 0 fully saturated rings. The Morgan fingerprint density at radius 2 is 2.31 bits per heavy atom. The van der Waals surface area contributed by atoms with Crippen molar-refractivity contribution >= 4 is 23.4 Å². The number of hydrogen-bond acceptors (Lipinski definition) is 5. The van der Waals surface area contributed by atoms with E-state index < -0.39 is 0 Å².